The first-order chi connectivity index (χ1) is 9.88. The number of aliphatic hydroxyl groups is 1. The third-order valence-electron chi connectivity index (χ3n) is 3.49. The van der Waals surface area contributed by atoms with E-state index in [0.717, 1.165) is 12.5 Å². The Morgan fingerprint density at radius 1 is 1.48 bits per heavy atom. The second-order valence-corrected chi connectivity index (χ2v) is 5.56. The lowest BCUT2D eigenvalue weighted by Crippen LogP contribution is -2.31. The Bertz CT molecular complexity index is 560. The molecule has 3 atom stereocenters. The molecule has 1 aromatic rings. The number of nitrogens with one attached hydrogen (secondary N) is 2. The van der Waals surface area contributed by atoms with Gasteiger partial charge in [0.2, 0.25) is 5.91 Å². The summed E-state index contributed by atoms with van der Waals surface area (Å²) in [4.78, 5) is 23.9. The predicted molar refractivity (Wildman–Crippen MR) is 76.3 cm³/mol. The number of aliphatic hydroxyl groups excluding tert-OH is 1. The molecule has 5 nitrogen and oxygen atoms in total. The first-order valence-corrected chi connectivity index (χ1v) is 6.95. The van der Waals surface area contributed by atoms with Crippen LogP contribution in [0.2, 0.25) is 0 Å². The predicted octanol–water partition coefficient (Wildman–Crippen LogP) is 1.53. The van der Waals surface area contributed by atoms with E-state index in [4.69, 9.17) is 5.11 Å². The zero-order chi connectivity index (χ0) is 15.6. The summed E-state index contributed by atoms with van der Waals surface area (Å²) in [6.07, 6.45) is 0.129. The highest BCUT2D eigenvalue weighted by atomic mass is 19.1. The largest absolute Gasteiger partial charge is 0.392 e. The Labute approximate surface area is 122 Å². The molecule has 0 saturated heterocycles. The summed E-state index contributed by atoms with van der Waals surface area (Å²) >= 11 is 0. The van der Waals surface area contributed by atoms with E-state index in [2.05, 4.69) is 10.6 Å². The number of benzene rings is 1. The van der Waals surface area contributed by atoms with Crippen molar-refractivity contribution in [2.24, 2.45) is 11.8 Å². The van der Waals surface area contributed by atoms with Crippen molar-refractivity contribution in [3.8, 4) is 0 Å². The minimum atomic E-state index is -0.701. The standard InChI is InChI=1S/C15H19FN2O3/c1-8-5-11(8)15(21)18-13-4-3-10(16)6-12(13)14(20)17-7-9(2)19/h3-4,6,8-9,11,19H,5,7H2,1-2H3,(H,17,20)(H,18,21). The molecule has 2 amide bonds. The van der Waals surface area contributed by atoms with E-state index in [-0.39, 0.29) is 29.6 Å². The van der Waals surface area contributed by atoms with E-state index in [1.807, 2.05) is 6.92 Å². The summed E-state index contributed by atoms with van der Waals surface area (Å²) in [5, 5.41) is 14.3. The van der Waals surface area contributed by atoms with E-state index in [0.29, 0.717) is 5.92 Å². The molecule has 0 radical (unpaired) electrons. The molecule has 3 unspecified atom stereocenters. The lowest BCUT2D eigenvalue weighted by Gasteiger charge is -2.12. The zero-order valence-electron chi connectivity index (χ0n) is 12.0. The smallest absolute Gasteiger partial charge is 0.253 e. The van der Waals surface area contributed by atoms with Crippen LogP contribution in [0.15, 0.2) is 18.2 Å². The van der Waals surface area contributed by atoms with Crippen molar-refractivity contribution >= 4 is 17.5 Å². The van der Waals surface area contributed by atoms with Crippen LogP contribution in [0.3, 0.4) is 0 Å². The topological polar surface area (TPSA) is 78.4 Å². The van der Waals surface area contributed by atoms with E-state index in [1.54, 1.807) is 0 Å². The molecule has 1 aromatic carbocycles. The molecule has 0 spiro atoms. The fourth-order valence-corrected chi connectivity index (χ4v) is 2.06. The van der Waals surface area contributed by atoms with Crippen molar-refractivity contribution in [2.75, 3.05) is 11.9 Å². The van der Waals surface area contributed by atoms with Crippen LogP contribution in [0.1, 0.15) is 30.6 Å². The van der Waals surface area contributed by atoms with E-state index >= 15 is 0 Å². The van der Waals surface area contributed by atoms with Crippen molar-refractivity contribution < 1.29 is 19.1 Å². The average Bonchev–Trinajstić information content (AvgIpc) is 3.15. The Balaban J connectivity index is 2.13. The molecule has 6 heteroatoms. The maximum atomic E-state index is 13.3. The second-order valence-electron chi connectivity index (χ2n) is 5.56. The minimum Gasteiger partial charge on any atom is -0.392 e. The van der Waals surface area contributed by atoms with Crippen LogP contribution in [0.5, 0.6) is 0 Å². The van der Waals surface area contributed by atoms with Gasteiger partial charge in [-0.1, -0.05) is 6.92 Å². The van der Waals surface area contributed by atoms with Crippen molar-refractivity contribution in [3.05, 3.63) is 29.6 Å². The summed E-state index contributed by atoms with van der Waals surface area (Å²) in [7, 11) is 0. The van der Waals surface area contributed by atoms with Gasteiger partial charge in [0.15, 0.2) is 0 Å². The molecule has 2 rings (SSSR count). The molecule has 1 saturated carbocycles. The van der Waals surface area contributed by atoms with E-state index in [9.17, 15) is 14.0 Å². The SMILES string of the molecule is CC(O)CNC(=O)c1cc(F)ccc1NC(=O)C1CC1C. The molecule has 0 heterocycles. The molecule has 0 bridgehead atoms. The normalized spacial score (nSPS) is 21.5. The fourth-order valence-electron chi connectivity index (χ4n) is 2.06. The van der Waals surface area contributed by atoms with Crippen LogP contribution in [0, 0.1) is 17.7 Å². The summed E-state index contributed by atoms with van der Waals surface area (Å²) in [5.41, 5.74) is 0.334. The molecule has 21 heavy (non-hydrogen) atoms. The monoisotopic (exact) mass is 294 g/mol. The van der Waals surface area contributed by atoms with Crippen LogP contribution in [0.4, 0.5) is 10.1 Å². The number of anilines is 1. The minimum absolute atomic E-state index is 0.0385. The highest BCUT2D eigenvalue weighted by Crippen LogP contribution is 2.38. The number of halogens is 1. The number of carbonyl (C=O) groups is 2. The molecule has 1 aliphatic carbocycles. The van der Waals surface area contributed by atoms with Gasteiger partial charge >= 0.3 is 0 Å². The molecule has 3 N–H and O–H groups in total. The lowest BCUT2D eigenvalue weighted by molar-refractivity contribution is -0.117. The van der Waals surface area contributed by atoms with Gasteiger partial charge in [-0.3, -0.25) is 9.59 Å². The van der Waals surface area contributed by atoms with Crippen molar-refractivity contribution in [3.63, 3.8) is 0 Å². The van der Waals surface area contributed by atoms with Gasteiger partial charge in [0, 0.05) is 12.5 Å². The molecule has 1 fully saturated rings. The maximum absolute atomic E-state index is 13.3. The Morgan fingerprint density at radius 3 is 2.71 bits per heavy atom. The first-order valence-electron chi connectivity index (χ1n) is 6.95. The van der Waals surface area contributed by atoms with Gasteiger partial charge < -0.3 is 15.7 Å². The van der Waals surface area contributed by atoms with Gasteiger partial charge in [-0.25, -0.2) is 4.39 Å². The number of rotatable bonds is 5. The van der Waals surface area contributed by atoms with Crippen LogP contribution in [-0.2, 0) is 4.79 Å². The highest BCUT2D eigenvalue weighted by Gasteiger charge is 2.39. The summed E-state index contributed by atoms with van der Waals surface area (Å²) in [5.74, 6) is -0.940. The van der Waals surface area contributed by atoms with Crippen LogP contribution < -0.4 is 10.6 Å². The third-order valence-corrected chi connectivity index (χ3v) is 3.49. The fraction of sp³-hybridized carbons (Fsp3) is 0.467. The van der Waals surface area contributed by atoms with Crippen molar-refractivity contribution in [1.29, 1.82) is 0 Å². The molecule has 0 aromatic heterocycles. The summed E-state index contributed by atoms with van der Waals surface area (Å²) in [6, 6.07) is 3.64. The molecular weight excluding hydrogens is 275 g/mol. The maximum Gasteiger partial charge on any atom is 0.253 e. The van der Waals surface area contributed by atoms with Gasteiger partial charge in [-0.05, 0) is 37.5 Å². The Kier molecular flexibility index (Phi) is 4.57. The molecule has 1 aliphatic rings. The Hall–Kier alpha value is -1.95. The van der Waals surface area contributed by atoms with E-state index in [1.165, 1.54) is 19.1 Å². The van der Waals surface area contributed by atoms with Gasteiger partial charge in [-0.15, -0.1) is 0 Å². The molecular formula is C15H19FN2O3. The zero-order valence-corrected chi connectivity index (χ0v) is 12.0. The average molecular weight is 294 g/mol. The number of hydrogen-bond acceptors (Lipinski definition) is 3. The lowest BCUT2D eigenvalue weighted by atomic mass is 10.1. The van der Waals surface area contributed by atoms with Gasteiger partial charge in [-0.2, -0.15) is 0 Å². The summed E-state index contributed by atoms with van der Waals surface area (Å²) < 4.78 is 13.3. The van der Waals surface area contributed by atoms with Gasteiger partial charge in [0.05, 0.1) is 17.4 Å². The number of hydrogen-bond donors (Lipinski definition) is 3. The van der Waals surface area contributed by atoms with Gasteiger partial charge in [0.25, 0.3) is 5.91 Å². The van der Waals surface area contributed by atoms with Crippen LogP contribution in [0.25, 0.3) is 0 Å². The molecule has 114 valence electrons. The number of amides is 2. The van der Waals surface area contributed by atoms with Gasteiger partial charge in [0.1, 0.15) is 5.82 Å². The van der Waals surface area contributed by atoms with Crippen LogP contribution in [-0.4, -0.2) is 29.6 Å². The molecule has 0 aliphatic heterocycles. The second kappa shape index (κ2) is 6.22. The number of carbonyl (C=O) groups excluding carboxylic acids is 2. The quantitative estimate of drug-likeness (QED) is 0.770. The third kappa shape index (κ3) is 4.01. The van der Waals surface area contributed by atoms with Crippen molar-refractivity contribution in [2.45, 2.75) is 26.4 Å². The van der Waals surface area contributed by atoms with Crippen molar-refractivity contribution in [1.82, 2.24) is 5.32 Å². The van der Waals surface area contributed by atoms with Crippen LogP contribution >= 0.6 is 0 Å². The van der Waals surface area contributed by atoms with E-state index < -0.39 is 17.8 Å². The Morgan fingerprint density at radius 2 is 2.14 bits per heavy atom. The highest BCUT2D eigenvalue weighted by molar-refractivity contribution is 6.04. The first kappa shape index (κ1) is 15.4. The summed E-state index contributed by atoms with van der Waals surface area (Å²) in [6.45, 7) is 3.57.